The SMILES string of the molecule is O=C(c1cccc(Cl)c1)c1cc(Cl)cc(Cl)c1. The van der Waals surface area contributed by atoms with E-state index in [4.69, 9.17) is 34.8 Å². The van der Waals surface area contributed by atoms with Gasteiger partial charge >= 0.3 is 0 Å². The molecule has 0 saturated carbocycles. The predicted molar refractivity (Wildman–Crippen MR) is 71.3 cm³/mol. The van der Waals surface area contributed by atoms with E-state index in [1.807, 2.05) is 0 Å². The second-order valence-corrected chi connectivity index (χ2v) is 4.81. The molecule has 0 amide bonds. The van der Waals surface area contributed by atoms with E-state index < -0.39 is 0 Å². The highest BCUT2D eigenvalue weighted by molar-refractivity contribution is 6.35. The van der Waals surface area contributed by atoms with Crippen molar-refractivity contribution in [2.24, 2.45) is 0 Å². The summed E-state index contributed by atoms with van der Waals surface area (Å²) in [6.45, 7) is 0. The zero-order valence-corrected chi connectivity index (χ0v) is 10.9. The van der Waals surface area contributed by atoms with E-state index in [1.165, 1.54) is 0 Å². The Hall–Kier alpha value is -1.02. The maximum Gasteiger partial charge on any atom is 0.193 e. The smallest absolute Gasteiger partial charge is 0.193 e. The average molecular weight is 286 g/mol. The van der Waals surface area contributed by atoms with E-state index in [1.54, 1.807) is 42.5 Å². The van der Waals surface area contributed by atoms with Crippen LogP contribution in [-0.4, -0.2) is 5.78 Å². The molecule has 0 heterocycles. The Morgan fingerprint density at radius 1 is 0.765 bits per heavy atom. The molecule has 0 atom stereocenters. The first kappa shape index (κ1) is 12.4. The largest absolute Gasteiger partial charge is 0.289 e. The Morgan fingerprint density at radius 2 is 1.35 bits per heavy atom. The second kappa shape index (κ2) is 5.09. The summed E-state index contributed by atoms with van der Waals surface area (Å²) < 4.78 is 0. The van der Waals surface area contributed by atoms with E-state index >= 15 is 0 Å². The number of ketones is 1. The summed E-state index contributed by atoms with van der Waals surface area (Å²) in [5.41, 5.74) is 0.959. The van der Waals surface area contributed by atoms with Crippen molar-refractivity contribution in [2.45, 2.75) is 0 Å². The first-order chi connectivity index (χ1) is 8.06. The molecule has 0 N–H and O–H groups in total. The third-order valence-corrected chi connectivity index (χ3v) is 2.88. The summed E-state index contributed by atoms with van der Waals surface area (Å²) in [6.07, 6.45) is 0. The number of halogens is 3. The first-order valence-electron chi connectivity index (χ1n) is 4.82. The van der Waals surface area contributed by atoms with Gasteiger partial charge in [-0.3, -0.25) is 4.79 Å². The van der Waals surface area contributed by atoms with Crippen LogP contribution < -0.4 is 0 Å². The van der Waals surface area contributed by atoms with Crippen molar-refractivity contribution >= 4 is 40.6 Å². The van der Waals surface area contributed by atoms with Crippen LogP contribution in [0.5, 0.6) is 0 Å². The molecule has 2 aromatic carbocycles. The predicted octanol–water partition coefficient (Wildman–Crippen LogP) is 4.88. The standard InChI is InChI=1S/C13H7Cl3O/c14-10-3-1-2-8(4-10)13(17)9-5-11(15)7-12(16)6-9/h1-7H. The van der Waals surface area contributed by atoms with Crippen molar-refractivity contribution in [3.8, 4) is 0 Å². The lowest BCUT2D eigenvalue weighted by Gasteiger charge is -2.03. The third-order valence-electron chi connectivity index (χ3n) is 2.21. The highest BCUT2D eigenvalue weighted by Crippen LogP contribution is 2.22. The van der Waals surface area contributed by atoms with Crippen molar-refractivity contribution in [1.82, 2.24) is 0 Å². The van der Waals surface area contributed by atoms with E-state index in [2.05, 4.69) is 0 Å². The molecule has 0 aromatic heterocycles. The molecule has 2 rings (SSSR count). The molecule has 17 heavy (non-hydrogen) atoms. The van der Waals surface area contributed by atoms with E-state index in [9.17, 15) is 4.79 Å². The number of rotatable bonds is 2. The molecular weight excluding hydrogens is 279 g/mol. The zero-order chi connectivity index (χ0) is 12.4. The topological polar surface area (TPSA) is 17.1 Å². The van der Waals surface area contributed by atoms with Crippen LogP contribution in [0.4, 0.5) is 0 Å². The third kappa shape index (κ3) is 3.01. The Morgan fingerprint density at radius 3 is 1.94 bits per heavy atom. The molecule has 0 radical (unpaired) electrons. The van der Waals surface area contributed by atoms with Crippen LogP contribution in [0.3, 0.4) is 0 Å². The fourth-order valence-electron chi connectivity index (χ4n) is 1.48. The number of carbonyl (C=O) groups excluding carboxylic acids is 1. The summed E-state index contributed by atoms with van der Waals surface area (Å²) in [7, 11) is 0. The molecule has 0 aliphatic rings. The van der Waals surface area contributed by atoms with Crippen molar-refractivity contribution in [3.05, 3.63) is 68.7 Å². The summed E-state index contributed by atoms with van der Waals surface area (Å²) in [5, 5.41) is 1.38. The lowest BCUT2D eigenvalue weighted by atomic mass is 10.0. The van der Waals surface area contributed by atoms with E-state index in [0.717, 1.165) is 0 Å². The summed E-state index contributed by atoms with van der Waals surface area (Å²) in [4.78, 5) is 12.1. The van der Waals surface area contributed by atoms with Crippen LogP contribution in [0.25, 0.3) is 0 Å². The van der Waals surface area contributed by atoms with Crippen LogP contribution >= 0.6 is 34.8 Å². The van der Waals surface area contributed by atoms with Gasteiger partial charge in [-0.25, -0.2) is 0 Å². The number of hydrogen-bond donors (Lipinski definition) is 0. The van der Waals surface area contributed by atoms with Crippen LogP contribution in [0.15, 0.2) is 42.5 Å². The molecule has 0 bridgehead atoms. The average Bonchev–Trinajstić information content (AvgIpc) is 2.26. The van der Waals surface area contributed by atoms with Gasteiger partial charge in [-0.15, -0.1) is 0 Å². The van der Waals surface area contributed by atoms with Crippen LogP contribution in [0.2, 0.25) is 15.1 Å². The highest BCUT2D eigenvalue weighted by Gasteiger charge is 2.10. The summed E-state index contributed by atoms with van der Waals surface area (Å²) in [6, 6.07) is 11.5. The van der Waals surface area contributed by atoms with Crippen molar-refractivity contribution in [1.29, 1.82) is 0 Å². The van der Waals surface area contributed by atoms with Crippen molar-refractivity contribution < 1.29 is 4.79 Å². The van der Waals surface area contributed by atoms with E-state index in [-0.39, 0.29) is 5.78 Å². The second-order valence-electron chi connectivity index (χ2n) is 3.50. The van der Waals surface area contributed by atoms with Gasteiger partial charge in [0.2, 0.25) is 0 Å². The number of carbonyl (C=O) groups is 1. The monoisotopic (exact) mass is 284 g/mol. The first-order valence-corrected chi connectivity index (χ1v) is 5.96. The number of benzene rings is 2. The lowest BCUT2D eigenvalue weighted by molar-refractivity contribution is 0.103. The minimum atomic E-state index is -0.156. The maximum absolute atomic E-state index is 12.1. The Labute approximate surface area is 114 Å². The molecule has 1 nitrogen and oxygen atoms in total. The van der Waals surface area contributed by atoms with Crippen molar-refractivity contribution in [3.63, 3.8) is 0 Å². The van der Waals surface area contributed by atoms with Crippen LogP contribution in [0.1, 0.15) is 15.9 Å². The molecule has 0 spiro atoms. The fourth-order valence-corrected chi connectivity index (χ4v) is 2.20. The Balaban J connectivity index is 2.43. The van der Waals surface area contributed by atoms with Crippen LogP contribution in [-0.2, 0) is 0 Å². The molecule has 0 saturated heterocycles. The Kier molecular flexibility index (Phi) is 3.72. The van der Waals surface area contributed by atoms with Gasteiger partial charge in [0, 0.05) is 26.2 Å². The van der Waals surface area contributed by atoms with Crippen LogP contribution in [0, 0.1) is 0 Å². The molecule has 0 aliphatic carbocycles. The summed E-state index contributed by atoms with van der Waals surface area (Å²) >= 11 is 17.5. The van der Waals surface area contributed by atoms with Gasteiger partial charge in [-0.2, -0.15) is 0 Å². The van der Waals surface area contributed by atoms with Gasteiger partial charge in [-0.1, -0.05) is 46.9 Å². The van der Waals surface area contributed by atoms with Gasteiger partial charge < -0.3 is 0 Å². The lowest BCUT2D eigenvalue weighted by Crippen LogP contribution is -2.01. The molecular formula is C13H7Cl3O. The van der Waals surface area contributed by atoms with Gasteiger partial charge in [0.25, 0.3) is 0 Å². The molecule has 4 heteroatoms. The molecule has 86 valence electrons. The van der Waals surface area contributed by atoms with Gasteiger partial charge in [-0.05, 0) is 30.3 Å². The fraction of sp³-hybridized carbons (Fsp3) is 0. The normalized spacial score (nSPS) is 10.3. The Bertz CT molecular complexity index is 558. The van der Waals surface area contributed by atoms with Gasteiger partial charge in [0.15, 0.2) is 5.78 Å². The maximum atomic E-state index is 12.1. The van der Waals surface area contributed by atoms with Gasteiger partial charge in [0.05, 0.1) is 0 Å². The molecule has 2 aromatic rings. The minimum absolute atomic E-state index is 0.156. The summed E-state index contributed by atoms with van der Waals surface area (Å²) in [5.74, 6) is -0.156. The molecule has 0 unspecified atom stereocenters. The molecule has 0 fully saturated rings. The zero-order valence-electron chi connectivity index (χ0n) is 8.58. The highest BCUT2D eigenvalue weighted by atomic mass is 35.5. The van der Waals surface area contributed by atoms with Crippen molar-refractivity contribution in [2.75, 3.05) is 0 Å². The quantitative estimate of drug-likeness (QED) is 0.719. The van der Waals surface area contributed by atoms with E-state index in [0.29, 0.717) is 26.2 Å². The molecule has 0 aliphatic heterocycles. The minimum Gasteiger partial charge on any atom is -0.289 e. The number of hydrogen-bond acceptors (Lipinski definition) is 1. The van der Waals surface area contributed by atoms with Gasteiger partial charge in [0.1, 0.15) is 0 Å².